The number of hydrogen-bond acceptors (Lipinski definition) is 2. The van der Waals surface area contributed by atoms with Crippen molar-refractivity contribution in [2.24, 2.45) is 0 Å². The molecule has 0 atom stereocenters. The standard InChI is InChI=1S/C12H11ClN2O3/c13-10-3-1-2-8(4-10)7-15-12(18)9(6-14-15)5-11(16)17/h1-4,6,14H,5,7H2,(H,16,17). The molecule has 1 aromatic carbocycles. The average molecular weight is 267 g/mol. The SMILES string of the molecule is O=C(O)Cc1c[nH]n(Cc2cccc(Cl)c2)c1=O. The molecule has 94 valence electrons. The van der Waals surface area contributed by atoms with E-state index in [1.165, 1.54) is 10.9 Å². The summed E-state index contributed by atoms with van der Waals surface area (Å²) in [6.07, 6.45) is 1.14. The van der Waals surface area contributed by atoms with Gasteiger partial charge < -0.3 is 10.2 Å². The molecule has 0 saturated carbocycles. The maximum absolute atomic E-state index is 11.8. The summed E-state index contributed by atoms with van der Waals surface area (Å²) in [7, 11) is 0. The highest BCUT2D eigenvalue weighted by Crippen LogP contribution is 2.11. The predicted molar refractivity (Wildman–Crippen MR) is 66.9 cm³/mol. The summed E-state index contributed by atoms with van der Waals surface area (Å²) in [5.41, 5.74) is 0.787. The van der Waals surface area contributed by atoms with Gasteiger partial charge in [-0.3, -0.25) is 9.59 Å². The van der Waals surface area contributed by atoms with Gasteiger partial charge in [-0.2, -0.15) is 0 Å². The Labute approximate surface area is 108 Å². The highest BCUT2D eigenvalue weighted by molar-refractivity contribution is 6.30. The lowest BCUT2D eigenvalue weighted by Crippen LogP contribution is -2.21. The highest BCUT2D eigenvalue weighted by atomic mass is 35.5. The van der Waals surface area contributed by atoms with Crippen LogP contribution in [0.15, 0.2) is 35.3 Å². The molecule has 0 saturated heterocycles. The Kier molecular flexibility index (Phi) is 3.53. The van der Waals surface area contributed by atoms with Crippen LogP contribution in [0.5, 0.6) is 0 Å². The van der Waals surface area contributed by atoms with Crippen molar-refractivity contribution in [3.8, 4) is 0 Å². The summed E-state index contributed by atoms with van der Waals surface area (Å²) in [4.78, 5) is 22.4. The third-order valence-electron chi connectivity index (χ3n) is 2.49. The van der Waals surface area contributed by atoms with E-state index < -0.39 is 5.97 Å². The Hall–Kier alpha value is -2.01. The molecule has 5 nitrogen and oxygen atoms in total. The number of hydrogen-bond donors (Lipinski definition) is 2. The molecular weight excluding hydrogens is 256 g/mol. The number of carboxylic acids is 1. The fourth-order valence-electron chi connectivity index (χ4n) is 1.67. The molecule has 0 bridgehead atoms. The van der Waals surface area contributed by atoms with Crippen molar-refractivity contribution >= 4 is 17.6 Å². The molecule has 2 rings (SSSR count). The molecule has 0 fully saturated rings. The van der Waals surface area contributed by atoms with Gasteiger partial charge in [-0.15, -0.1) is 0 Å². The highest BCUT2D eigenvalue weighted by Gasteiger charge is 2.09. The van der Waals surface area contributed by atoms with E-state index in [1.54, 1.807) is 18.2 Å². The van der Waals surface area contributed by atoms with E-state index in [0.717, 1.165) is 5.56 Å². The van der Waals surface area contributed by atoms with Crippen LogP contribution >= 0.6 is 11.6 Å². The number of carboxylic acid groups (broad SMARTS) is 1. The molecule has 0 aliphatic heterocycles. The number of aromatic amines is 1. The van der Waals surface area contributed by atoms with Gasteiger partial charge in [0, 0.05) is 16.8 Å². The predicted octanol–water partition coefficient (Wildman–Crippen LogP) is 1.51. The monoisotopic (exact) mass is 266 g/mol. The molecule has 0 radical (unpaired) electrons. The minimum absolute atomic E-state index is 0.240. The van der Waals surface area contributed by atoms with Gasteiger partial charge in [0.2, 0.25) is 0 Å². The fourth-order valence-corrected chi connectivity index (χ4v) is 1.89. The number of carbonyl (C=O) groups is 1. The van der Waals surface area contributed by atoms with Crippen LogP contribution in [-0.2, 0) is 17.8 Å². The number of aromatic nitrogens is 2. The molecule has 2 N–H and O–H groups in total. The van der Waals surface area contributed by atoms with Gasteiger partial charge in [0.25, 0.3) is 5.56 Å². The van der Waals surface area contributed by atoms with Crippen LogP contribution in [0, 0.1) is 0 Å². The van der Waals surface area contributed by atoms with Crippen LogP contribution in [-0.4, -0.2) is 20.9 Å². The van der Waals surface area contributed by atoms with E-state index >= 15 is 0 Å². The van der Waals surface area contributed by atoms with Gasteiger partial charge in [-0.25, -0.2) is 4.68 Å². The normalized spacial score (nSPS) is 10.5. The third-order valence-corrected chi connectivity index (χ3v) is 2.72. The number of halogens is 1. The fraction of sp³-hybridized carbons (Fsp3) is 0.167. The topological polar surface area (TPSA) is 75.1 Å². The Morgan fingerprint density at radius 1 is 1.44 bits per heavy atom. The summed E-state index contributed by atoms with van der Waals surface area (Å²) < 4.78 is 1.35. The molecule has 0 aliphatic carbocycles. The van der Waals surface area contributed by atoms with Crippen LogP contribution in [0.2, 0.25) is 5.02 Å². The second kappa shape index (κ2) is 5.10. The number of benzene rings is 1. The van der Waals surface area contributed by atoms with Crippen molar-refractivity contribution in [3.63, 3.8) is 0 Å². The summed E-state index contributed by atoms with van der Waals surface area (Å²) in [5.74, 6) is -1.03. The zero-order valence-electron chi connectivity index (χ0n) is 9.39. The summed E-state index contributed by atoms with van der Waals surface area (Å²) in [6.45, 7) is 0.332. The van der Waals surface area contributed by atoms with Crippen LogP contribution in [0.1, 0.15) is 11.1 Å². The zero-order valence-corrected chi connectivity index (χ0v) is 10.1. The largest absolute Gasteiger partial charge is 0.481 e. The van der Waals surface area contributed by atoms with E-state index in [9.17, 15) is 9.59 Å². The summed E-state index contributed by atoms with van der Waals surface area (Å²) >= 11 is 5.85. The van der Waals surface area contributed by atoms with E-state index in [2.05, 4.69) is 5.10 Å². The van der Waals surface area contributed by atoms with Gasteiger partial charge in [0.1, 0.15) is 0 Å². The Balaban J connectivity index is 2.23. The van der Waals surface area contributed by atoms with E-state index in [4.69, 9.17) is 16.7 Å². The number of rotatable bonds is 4. The molecule has 2 aromatic rings. The maximum Gasteiger partial charge on any atom is 0.308 e. The molecular formula is C12H11ClN2O3. The molecule has 1 aromatic heterocycles. The van der Waals surface area contributed by atoms with Crippen molar-refractivity contribution < 1.29 is 9.90 Å². The minimum Gasteiger partial charge on any atom is -0.481 e. The van der Waals surface area contributed by atoms with Gasteiger partial charge in [0.15, 0.2) is 0 Å². The molecule has 0 aliphatic rings. The third kappa shape index (κ3) is 2.81. The molecule has 6 heteroatoms. The van der Waals surface area contributed by atoms with E-state index in [-0.39, 0.29) is 17.5 Å². The number of H-pyrrole nitrogens is 1. The minimum atomic E-state index is -1.03. The molecule has 18 heavy (non-hydrogen) atoms. The van der Waals surface area contributed by atoms with Crippen molar-refractivity contribution in [2.45, 2.75) is 13.0 Å². The first-order chi connectivity index (χ1) is 8.56. The Bertz CT molecular complexity index is 630. The lowest BCUT2D eigenvalue weighted by molar-refractivity contribution is -0.136. The van der Waals surface area contributed by atoms with Crippen molar-refractivity contribution in [1.82, 2.24) is 9.78 Å². The summed E-state index contributed by atoms with van der Waals surface area (Å²) in [5, 5.41) is 12.0. The molecule has 1 heterocycles. The number of aliphatic carboxylic acids is 1. The maximum atomic E-state index is 11.8. The van der Waals surface area contributed by atoms with Crippen LogP contribution in [0.4, 0.5) is 0 Å². The Morgan fingerprint density at radius 2 is 2.22 bits per heavy atom. The van der Waals surface area contributed by atoms with Crippen LogP contribution < -0.4 is 5.56 Å². The summed E-state index contributed by atoms with van der Waals surface area (Å²) in [6, 6.07) is 7.14. The molecule has 0 amide bonds. The van der Waals surface area contributed by atoms with E-state index in [0.29, 0.717) is 11.6 Å². The quantitative estimate of drug-likeness (QED) is 0.881. The zero-order chi connectivity index (χ0) is 13.1. The van der Waals surface area contributed by atoms with Gasteiger partial charge >= 0.3 is 5.97 Å². The second-order valence-corrected chi connectivity index (χ2v) is 4.33. The van der Waals surface area contributed by atoms with Gasteiger partial charge in [0.05, 0.1) is 13.0 Å². The lowest BCUT2D eigenvalue weighted by atomic mass is 10.2. The molecule has 0 unspecified atom stereocenters. The lowest BCUT2D eigenvalue weighted by Gasteiger charge is -2.02. The first-order valence-electron chi connectivity index (χ1n) is 5.29. The Morgan fingerprint density at radius 3 is 2.89 bits per heavy atom. The van der Waals surface area contributed by atoms with E-state index in [1.807, 2.05) is 6.07 Å². The average Bonchev–Trinajstić information content (AvgIpc) is 2.61. The van der Waals surface area contributed by atoms with Crippen molar-refractivity contribution in [2.75, 3.05) is 0 Å². The van der Waals surface area contributed by atoms with Gasteiger partial charge in [-0.1, -0.05) is 23.7 Å². The van der Waals surface area contributed by atoms with Gasteiger partial charge in [-0.05, 0) is 17.7 Å². The smallest absolute Gasteiger partial charge is 0.308 e. The van der Waals surface area contributed by atoms with Crippen LogP contribution in [0.25, 0.3) is 0 Å². The second-order valence-electron chi connectivity index (χ2n) is 3.89. The number of nitrogens with zero attached hydrogens (tertiary/aromatic N) is 1. The van der Waals surface area contributed by atoms with Crippen molar-refractivity contribution in [1.29, 1.82) is 0 Å². The number of nitrogens with one attached hydrogen (secondary N) is 1. The first-order valence-corrected chi connectivity index (χ1v) is 5.67. The first kappa shape index (κ1) is 12.4. The van der Waals surface area contributed by atoms with Crippen LogP contribution in [0.3, 0.4) is 0 Å². The van der Waals surface area contributed by atoms with Crippen molar-refractivity contribution in [3.05, 3.63) is 57.0 Å². The molecule has 0 spiro atoms.